The lowest BCUT2D eigenvalue weighted by Gasteiger charge is -2.38. The minimum Gasteiger partial charge on any atom is -0.481 e. The maximum Gasteiger partial charge on any atom is 0.311 e. The van der Waals surface area contributed by atoms with Crippen molar-refractivity contribution in [3.8, 4) is 0 Å². The average Bonchev–Trinajstić information content (AvgIpc) is 2.29. The molecule has 98 valence electrons. The maximum absolute atomic E-state index is 11.6. The van der Waals surface area contributed by atoms with Gasteiger partial charge in [-0.2, -0.15) is 0 Å². The Balaban J connectivity index is 2.60. The molecule has 1 aliphatic carbocycles. The molecule has 0 aromatic rings. The normalized spacial score (nSPS) is 28.7. The molecule has 1 fully saturated rings. The fourth-order valence-corrected chi connectivity index (χ4v) is 2.30. The Bertz CT molecular complexity index is 293. The Morgan fingerprint density at radius 2 is 2.12 bits per heavy atom. The first-order valence-electron chi connectivity index (χ1n) is 6.24. The predicted molar refractivity (Wildman–Crippen MR) is 64.7 cm³/mol. The van der Waals surface area contributed by atoms with Gasteiger partial charge in [0.15, 0.2) is 0 Å². The highest BCUT2D eigenvalue weighted by Gasteiger charge is 2.43. The fraction of sp³-hybridized carbons (Fsp3) is 0.833. The van der Waals surface area contributed by atoms with Gasteiger partial charge in [0.05, 0.1) is 12.0 Å². The van der Waals surface area contributed by atoms with Crippen LogP contribution in [0.2, 0.25) is 0 Å². The van der Waals surface area contributed by atoms with Crippen molar-refractivity contribution in [1.82, 2.24) is 10.6 Å². The zero-order valence-corrected chi connectivity index (χ0v) is 10.6. The Morgan fingerprint density at radius 1 is 1.41 bits per heavy atom. The lowest BCUT2D eigenvalue weighted by molar-refractivity contribution is -0.152. The molecule has 0 aromatic heterocycles. The minimum atomic E-state index is -0.819. The SMILES string of the molecule is CCNCC(=O)NC1CCCCC1(C)C(=O)O. The highest BCUT2D eigenvalue weighted by Crippen LogP contribution is 2.36. The van der Waals surface area contributed by atoms with E-state index in [1.165, 1.54) is 0 Å². The third-order valence-electron chi connectivity index (χ3n) is 3.57. The first-order chi connectivity index (χ1) is 8.00. The predicted octanol–water partition coefficient (Wildman–Crippen LogP) is 0.746. The Kier molecular flexibility index (Phi) is 4.93. The quantitative estimate of drug-likeness (QED) is 0.664. The first-order valence-corrected chi connectivity index (χ1v) is 6.24. The van der Waals surface area contributed by atoms with Gasteiger partial charge in [0.25, 0.3) is 0 Å². The summed E-state index contributed by atoms with van der Waals surface area (Å²) in [6.45, 7) is 4.64. The van der Waals surface area contributed by atoms with E-state index in [1.54, 1.807) is 6.92 Å². The van der Waals surface area contributed by atoms with Gasteiger partial charge in [-0.05, 0) is 26.3 Å². The summed E-state index contributed by atoms with van der Waals surface area (Å²) in [4.78, 5) is 22.9. The van der Waals surface area contributed by atoms with Crippen LogP contribution in [0.5, 0.6) is 0 Å². The molecule has 3 N–H and O–H groups in total. The molecule has 0 heterocycles. The smallest absolute Gasteiger partial charge is 0.311 e. The molecule has 1 aliphatic rings. The maximum atomic E-state index is 11.6. The third kappa shape index (κ3) is 3.43. The number of carboxylic acid groups (broad SMARTS) is 1. The second kappa shape index (κ2) is 6.00. The van der Waals surface area contributed by atoms with Crippen molar-refractivity contribution in [2.75, 3.05) is 13.1 Å². The molecule has 0 radical (unpaired) electrons. The Morgan fingerprint density at radius 3 is 2.71 bits per heavy atom. The van der Waals surface area contributed by atoms with E-state index < -0.39 is 11.4 Å². The van der Waals surface area contributed by atoms with E-state index >= 15 is 0 Å². The van der Waals surface area contributed by atoms with Gasteiger partial charge in [0.1, 0.15) is 0 Å². The summed E-state index contributed by atoms with van der Waals surface area (Å²) in [5, 5.41) is 15.1. The molecule has 0 bridgehead atoms. The second-order valence-corrected chi connectivity index (χ2v) is 4.87. The molecular weight excluding hydrogens is 220 g/mol. The molecule has 0 aliphatic heterocycles. The van der Waals surface area contributed by atoms with E-state index in [4.69, 9.17) is 0 Å². The van der Waals surface area contributed by atoms with Crippen molar-refractivity contribution in [2.45, 2.75) is 45.6 Å². The summed E-state index contributed by atoms with van der Waals surface area (Å²) < 4.78 is 0. The van der Waals surface area contributed by atoms with E-state index in [1.807, 2.05) is 6.92 Å². The van der Waals surface area contributed by atoms with E-state index in [9.17, 15) is 14.7 Å². The minimum absolute atomic E-state index is 0.119. The van der Waals surface area contributed by atoms with Gasteiger partial charge in [0.2, 0.25) is 5.91 Å². The molecule has 17 heavy (non-hydrogen) atoms. The lowest BCUT2D eigenvalue weighted by Crippen LogP contribution is -2.53. The summed E-state index contributed by atoms with van der Waals surface area (Å²) in [6, 6.07) is -0.250. The first kappa shape index (κ1) is 14.0. The van der Waals surface area contributed by atoms with Crippen molar-refractivity contribution >= 4 is 11.9 Å². The third-order valence-corrected chi connectivity index (χ3v) is 3.57. The van der Waals surface area contributed by atoms with E-state index in [2.05, 4.69) is 10.6 Å². The number of hydrogen-bond donors (Lipinski definition) is 3. The van der Waals surface area contributed by atoms with Gasteiger partial charge >= 0.3 is 5.97 Å². The largest absolute Gasteiger partial charge is 0.481 e. The monoisotopic (exact) mass is 242 g/mol. The van der Waals surface area contributed by atoms with Gasteiger partial charge in [-0.15, -0.1) is 0 Å². The molecule has 5 nitrogen and oxygen atoms in total. The summed E-state index contributed by atoms with van der Waals surface area (Å²) in [7, 11) is 0. The van der Waals surface area contributed by atoms with Gasteiger partial charge in [-0.25, -0.2) is 0 Å². The summed E-state index contributed by atoms with van der Waals surface area (Å²) >= 11 is 0. The molecule has 5 heteroatoms. The topological polar surface area (TPSA) is 78.4 Å². The Hall–Kier alpha value is -1.10. The second-order valence-electron chi connectivity index (χ2n) is 4.87. The highest BCUT2D eigenvalue weighted by molar-refractivity contribution is 5.81. The number of rotatable bonds is 5. The number of carboxylic acids is 1. The number of aliphatic carboxylic acids is 1. The standard InChI is InChI=1S/C12H22N2O3/c1-3-13-8-10(15)14-9-6-4-5-7-12(9,2)11(16)17/h9,13H,3-8H2,1-2H3,(H,14,15)(H,16,17). The number of nitrogens with one attached hydrogen (secondary N) is 2. The average molecular weight is 242 g/mol. The van der Waals surface area contributed by atoms with Crippen LogP contribution in [0.1, 0.15) is 39.5 Å². The van der Waals surface area contributed by atoms with Crippen molar-refractivity contribution in [2.24, 2.45) is 5.41 Å². The van der Waals surface area contributed by atoms with Crippen molar-refractivity contribution in [1.29, 1.82) is 0 Å². The fourth-order valence-electron chi connectivity index (χ4n) is 2.30. The van der Waals surface area contributed by atoms with Gasteiger partial charge in [-0.1, -0.05) is 19.8 Å². The van der Waals surface area contributed by atoms with Crippen molar-refractivity contribution < 1.29 is 14.7 Å². The van der Waals surface area contributed by atoms with Crippen LogP contribution in [0.3, 0.4) is 0 Å². The van der Waals surface area contributed by atoms with Crippen molar-refractivity contribution in [3.63, 3.8) is 0 Å². The number of carbonyl (C=O) groups excluding carboxylic acids is 1. The van der Waals surface area contributed by atoms with Gasteiger partial charge in [0, 0.05) is 6.04 Å². The number of hydrogen-bond acceptors (Lipinski definition) is 3. The molecule has 0 aromatic carbocycles. The lowest BCUT2D eigenvalue weighted by atomic mass is 9.71. The van der Waals surface area contributed by atoms with E-state index in [0.717, 1.165) is 25.8 Å². The summed E-state index contributed by atoms with van der Waals surface area (Å²) in [6.07, 6.45) is 3.28. The molecule has 0 saturated heterocycles. The van der Waals surface area contributed by atoms with Crippen LogP contribution in [0.15, 0.2) is 0 Å². The van der Waals surface area contributed by atoms with E-state index in [-0.39, 0.29) is 18.5 Å². The molecule has 1 amide bonds. The van der Waals surface area contributed by atoms with Crippen LogP contribution in [-0.4, -0.2) is 36.1 Å². The highest BCUT2D eigenvalue weighted by atomic mass is 16.4. The number of amides is 1. The van der Waals surface area contributed by atoms with Crippen LogP contribution in [0.25, 0.3) is 0 Å². The van der Waals surface area contributed by atoms with Crippen molar-refractivity contribution in [3.05, 3.63) is 0 Å². The van der Waals surface area contributed by atoms with Crippen LogP contribution in [0, 0.1) is 5.41 Å². The van der Waals surface area contributed by atoms with Gasteiger partial charge < -0.3 is 15.7 Å². The molecule has 2 atom stereocenters. The van der Waals surface area contributed by atoms with Crippen LogP contribution < -0.4 is 10.6 Å². The molecule has 2 unspecified atom stereocenters. The van der Waals surface area contributed by atoms with Crippen LogP contribution in [0.4, 0.5) is 0 Å². The van der Waals surface area contributed by atoms with Crippen LogP contribution in [-0.2, 0) is 9.59 Å². The molecule has 1 rings (SSSR count). The summed E-state index contributed by atoms with van der Waals surface area (Å²) in [5.74, 6) is -0.933. The summed E-state index contributed by atoms with van der Waals surface area (Å²) in [5.41, 5.74) is -0.819. The zero-order chi connectivity index (χ0) is 12.9. The molecule has 1 saturated carbocycles. The zero-order valence-electron chi connectivity index (χ0n) is 10.6. The Labute approximate surface area is 102 Å². The molecular formula is C12H22N2O3. The number of likely N-dealkylation sites (N-methyl/N-ethyl adjacent to an activating group) is 1. The molecule has 0 spiro atoms. The van der Waals surface area contributed by atoms with Gasteiger partial charge in [-0.3, -0.25) is 9.59 Å². The van der Waals surface area contributed by atoms with E-state index in [0.29, 0.717) is 6.42 Å². The van der Waals surface area contributed by atoms with Crippen LogP contribution >= 0.6 is 0 Å². The number of carbonyl (C=O) groups is 2.